The predicted molar refractivity (Wildman–Crippen MR) is 218 cm³/mol. The molecule has 2 heterocycles. The molecule has 6 rings (SSSR count). The van der Waals surface area contributed by atoms with E-state index in [0.29, 0.717) is 19.4 Å². The first-order chi connectivity index (χ1) is 26.4. The fraction of sp³-hybridized carbons (Fsp3) is 0.756. The topological polar surface area (TPSA) is 180 Å². The van der Waals surface area contributed by atoms with Crippen LogP contribution < -0.4 is 21.3 Å². The van der Waals surface area contributed by atoms with Crippen molar-refractivity contribution in [1.82, 2.24) is 36.1 Å². The number of hydrogen-bond donors (Lipinski definition) is 6. The van der Waals surface area contributed by atoms with E-state index in [1.54, 1.807) is 11.8 Å². The van der Waals surface area contributed by atoms with Crippen LogP contribution in [0.4, 0.5) is 0 Å². The molecule has 5 fully saturated rings. The highest BCUT2D eigenvalue weighted by Crippen LogP contribution is 2.54. The standard InChI is InChI=1S/C41H61N7O6S2/c1-6-17-40(55,33(50)36(53)44-26-15-16-26)47-37(54)39(5)27-14-10-11-24(27)23-48(39)32(49)21-30(38(2,3)4)45-34(51)28-20-31(41(28,56)25-12-8-7-9-13-25)46-35(52)29-22-42-18-19-43-29/h18-19,22,24-28,30-31,55-56H,6-17,20-21,23H2,1-5H3,(H,44,53)(H,45,51)(H,46,52)(H,47,54)/t24-,27-,28?,30+,31?,39-,40-,41-/m0/s1. The number of carbonyl (C=O) groups excluding carboxylic acids is 6. The molecule has 0 spiro atoms. The van der Waals surface area contributed by atoms with Gasteiger partial charge in [0.2, 0.25) is 17.7 Å². The molecule has 4 saturated carbocycles. The van der Waals surface area contributed by atoms with Gasteiger partial charge in [-0.25, -0.2) is 4.98 Å². The second-order valence-corrected chi connectivity index (χ2v) is 19.9. The van der Waals surface area contributed by atoms with Crippen LogP contribution in [0, 0.1) is 29.1 Å². The lowest BCUT2D eigenvalue weighted by atomic mass is 9.58. The fourth-order valence-corrected chi connectivity index (χ4v) is 11.0. The summed E-state index contributed by atoms with van der Waals surface area (Å²) < 4.78 is -0.789. The van der Waals surface area contributed by atoms with Crippen molar-refractivity contribution in [3.63, 3.8) is 0 Å². The minimum atomic E-state index is -1.73. The summed E-state index contributed by atoms with van der Waals surface area (Å²) in [5.41, 5.74) is -1.62. The second kappa shape index (κ2) is 16.6. The van der Waals surface area contributed by atoms with E-state index in [1.807, 2.05) is 27.7 Å². The van der Waals surface area contributed by atoms with Crippen molar-refractivity contribution < 1.29 is 28.8 Å². The third-order valence-electron chi connectivity index (χ3n) is 13.6. The van der Waals surface area contributed by atoms with Gasteiger partial charge in [0.25, 0.3) is 17.6 Å². The van der Waals surface area contributed by atoms with Gasteiger partial charge in [-0.15, -0.1) is 12.6 Å². The lowest BCUT2D eigenvalue weighted by Crippen LogP contribution is -2.70. The Morgan fingerprint density at radius 1 is 0.964 bits per heavy atom. The van der Waals surface area contributed by atoms with Gasteiger partial charge in [0, 0.05) is 48.2 Å². The first-order valence-electron chi connectivity index (χ1n) is 20.7. The molecule has 2 unspecified atom stereocenters. The van der Waals surface area contributed by atoms with Gasteiger partial charge in [0.05, 0.1) is 12.1 Å². The monoisotopic (exact) mass is 811 g/mol. The van der Waals surface area contributed by atoms with Crippen LogP contribution in [-0.4, -0.2) is 90.0 Å². The van der Waals surface area contributed by atoms with E-state index < -0.39 is 50.1 Å². The molecule has 56 heavy (non-hydrogen) atoms. The highest BCUT2D eigenvalue weighted by molar-refractivity contribution is 7.83. The highest BCUT2D eigenvalue weighted by Gasteiger charge is 2.62. The van der Waals surface area contributed by atoms with Crippen LogP contribution >= 0.6 is 25.3 Å². The summed E-state index contributed by atoms with van der Waals surface area (Å²) in [5, 5.41) is 11.9. The van der Waals surface area contributed by atoms with Gasteiger partial charge in [-0.3, -0.25) is 33.8 Å². The second-order valence-electron chi connectivity index (χ2n) is 18.3. The molecule has 5 aliphatic rings. The average Bonchev–Trinajstić information content (AvgIpc) is 3.76. The van der Waals surface area contributed by atoms with Gasteiger partial charge in [-0.1, -0.05) is 59.8 Å². The molecule has 1 aromatic rings. The van der Waals surface area contributed by atoms with E-state index in [4.69, 9.17) is 12.6 Å². The predicted octanol–water partition coefficient (Wildman–Crippen LogP) is 4.17. The SMILES string of the molecule is CCC[C@@](S)(NC(=O)[C@]1(C)[C@H]2CCC[C@H]2CN1C(=O)C[C@@H](NC(=O)C1CC(NC(=O)c2cnccn2)[C@]1(S)C1CCCCC1)C(C)(C)C)C(=O)C(=O)NC1CC1. The van der Waals surface area contributed by atoms with E-state index in [0.717, 1.165) is 64.2 Å². The number of nitrogens with zero attached hydrogens (tertiary/aromatic N) is 3. The molecule has 13 nitrogen and oxygen atoms in total. The fourth-order valence-electron chi connectivity index (χ4n) is 9.95. The molecule has 1 aliphatic heterocycles. The lowest BCUT2D eigenvalue weighted by Gasteiger charge is -2.57. The molecular formula is C41H61N7O6S2. The Hall–Kier alpha value is -3.20. The number of rotatable bonds is 14. The minimum Gasteiger partial charge on any atom is -0.352 e. The maximum atomic E-state index is 14.6. The van der Waals surface area contributed by atoms with Crippen molar-refractivity contribution in [2.75, 3.05) is 6.54 Å². The molecule has 4 aliphatic carbocycles. The first kappa shape index (κ1) is 42.4. The van der Waals surface area contributed by atoms with Crippen molar-refractivity contribution in [3.05, 3.63) is 24.3 Å². The third kappa shape index (κ3) is 8.35. The molecule has 1 aromatic heterocycles. The van der Waals surface area contributed by atoms with Gasteiger partial charge >= 0.3 is 0 Å². The maximum absolute atomic E-state index is 14.6. The number of carbonyl (C=O) groups is 6. The molecule has 0 aromatic carbocycles. The van der Waals surface area contributed by atoms with E-state index in [1.165, 1.54) is 18.6 Å². The summed E-state index contributed by atoms with van der Waals surface area (Å²) in [4.78, 5) is 91.2. The van der Waals surface area contributed by atoms with Crippen LogP contribution in [0.25, 0.3) is 0 Å². The zero-order valence-electron chi connectivity index (χ0n) is 33.6. The lowest BCUT2D eigenvalue weighted by molar-refractivity contribution is -0.149. The molecule has 308 valence electrons. The number of fused-ring (bicyclic) bond motifs is 1. The zero-order chi connectivity index (χ0) is 40.6. The molecule has 4 N–H and O–H groups in total. The Balaban J connectivity index is 1.19. The Kier molecular flexibility index (Phi) is 12.6. The number of aromatic nitrogens is 2. The van der Waals surface area contributed by atoms with Crippen molar-refractivity contribution >= 4 is 60.6 Å². The molecule has 1 saturated heterocycles. The minimum absolute atomic E-state index is 0.0321. The van der Waals surface area contributed by atoms with Crippen LogP contribution in [0.5, 0.6) is 0 Å². The first-order valence-corrected chi connectivity index (χ1v) is 21.6. The van der Waals surface area contributed by atoms with E-state index in [-0.39, 0.29) is 66.1 Å². The van der Waals surface area contributed by atoms with E-state index in [9.17, 15) is 28.8 Å². The van der Waals surface area contributed by atoms with Gasteiger partial charge in [-0.2, -0.15) is 12.6 Å². The van der Waals surface area contributed by atoms with Crippen LogP contribution in [0.15, 0.2) is 18.6 Å². The molecule has 0 bridgehead atoms. The number of likely N-dealkylation sites (tertiary alicyclic amines) is 1. The number of ketones is 1. The van der Waals surface area contributed by atoms with Crippen LogP contribution in [0.3, 0.4) is 0 Å². The number of Topliss-reactive ketones (excluding diaryl/α,β-unsaturated/α-hetero) is 1. The van der Waals surface area contributed by atoms with E-state index >= 15 is 0 Å². The van der Waals surface area contributed by atoms with Crippen molar-refractivity contribution in [2.45, 2.75) is 158 Å². The summed E-state index contributed by atoms with van der Waals surface area (Å²) in [6.45, 7) is 9.96. The number of thiol groups is 2. The van der Waals surface area contributed by atoms with E-state index in [2.05, 4.69) is 43.9 Å². The third-order valence-corrected chi connectivity index (χ3v) is 15.1. The van der Waals surface area contributed by atoms with Gasteiger partial charge in [0.1, 0.15) is 11.2 Å². The summed E-state index contributed by atoms with van der Waals surface area (Å²) >= 11 is 9.91. The Labute approximate surface area is 342 Å². The van der Waals surface area contributed by atoms with Crippen molar-refractivity contribution in [2.24, 2.45) is 29.1 Å². The van der Waals surface area contributed by atoms with Gasteiger partial charge in [-0.05, 0) is 81.5 Å². The maximum Gasteiger partial charge on any atom is 0.291 e. The van der Waals surface area contributed by atoms with Gasteiger partial charge in [0.15, 0.2) is 4.87 Å². The number of hydrogen-bond acceptors (Lipinski definition) is 10. The molecule has 15 heteroatoms. The summed E-state index contributed by atoms with van der Waals surface area (Å²) in [7, 11) is 0. The number of amides is 5. The smallest absolute Gasteiger partial charge is 0.291 e. The average molecular weight is 812 g/mol. The van der Waals surface area contributed by atoms with Crippen molar-refractivity contribution in [1.29, 1.82) is 0 Å². The zero-order valence-corrected chi connectivity index (χ0v) is 35.4. The quantitative estimate of drug-likeness (QED) is 0.0921. The van der Waals surface area contributed by atoms with Crippen LogP contribution in [0.2, 0.25) is 0 Å². The molecule has 8 atom stereocenters. The van der Waals surface area contributed by atoms with Gasteiger partial charge < -0.3 is 26.2 Å². The summed E-state index contributed by atoms with van der Waals surface area (Å²) in [6.07, 6.45) is 14.6. The van der Waals surface area contributed by atoms with Crippen molar-refractivity contribution in [3.8, 4) is 0 Å². The Morgan fingerprint density at radius 3 is 2.30 bits per heavy atom. The van der Waals surface area contributed by atoms with Crippen LogP contribution in [0.1, 0.15) is 135 Å². The Morgan fingerprint density at radius 2 is 1.68 bits per heavy atom. The molecule has 5 amide bonds. The van der Waals surface area contributed by atoms with Crippen LogP contribution in [-0.2, 0) is 24.0 Å². The molecular weight excluding hydrogens is 751 g/mol. The summed E-state index contributed by atoms with van der Waals surface area (Å²) in [6, 6.07) is -0.963. The normalized spacial score (nSPS) is 30.6. The largest absolute Gasteiger partial charge is 0.352 e. The number of nitrogens with one attached hydrogen (secondary N) is 4. The highest BCUT2D eigenvalue weighted by atomic mass is 32.1. The molecule has 0 radical (unpaired) electrons. The Bertz CT molecular complexity index is 1680. The summed E-state index contributed by atoms with van der Waals surface area (Å²) in [5.74, 6) is -3.29.